The third kappa shape index (κ3) is 4.06. The Bertz CT molecular complexity index is 682. The number of amides is 1. The summed E-state index contributed by atoms with van der Waals surface area (Å²) in [6.45, 7) is 3.21. The summed E-state index contributed by atoms with van der Waals surface area (Å²) in [5.41, 5.74) is 2.20. The van der Waals surface area contributed by atoms with Gasteiger partial charge in [0.25, 0.3) is 0 Å². The molecule has 0 saturated carbocycles. The van der Waals surface area contributed by atoms with E-state index in [-0.39, 0.29) is 5.91 Å². The van der Waals surface area contributed by atoms with Crippen LogP contribution in [0.3, 0.4) is 0 Å². The van der Waals surface area contributed by atoms with Crippen molar-refractivity contribution in [1.29, 1.82) is 0 Å². The fraction of sp³-hybridized carbons (Fsp3) is 0.278. The number of carbonyl (C=O) groups is 1. The number of anilines is 1. The number of carbonyl (C=O) groups excluding carboxylic acids is 1. The SMILES string of the molecule is O=C(Cc1ccccc1Br)N1CCN(c2ccc(Cl)cc2)CC1. The minimum absolute atomic E-state index is 0.188. The monoisotopic (exact) mass is 392 g/mol. The summed E-state index contributed by atoms with van der Waals surface area (Å²) in [6, 6.07) is 15.8. The summed E-state index contributed by atoms with van der Waals surface area (Å²) in [6.07, 6.45) is 0.447. The molecule has 0 aromatic heterocycles. The normalized spacial score (nSPS) is 14.9. The van der Waals surface area contributed by atoms with Crippen LogP contribution in [0.15, 0.2) is 53.0 Å². The van der Waals surface area contributed by atoms with Gasteiger partial charge in [0.05, 0.1) is 6.42 Å². The molecule has 0 aliphatic carbocycles. The van der Waals surface area contributed by atoms with Gasteiger partial charge in [-0.25, -0.2) is 0 Å². The predicted octanol–water partition coefficient (Wildman–Crippen LogP) is 3.99. The maximum atomic E-state index is 12.5. The van der Waals surface area contributed by atoms with Crippen molar-refractivity contribution in [3.63, 3.8) is 0 Å². The van der Waals surface area contributed by atoms with Crippen molar-refractivity contribution in [2.24, 2.45) is 0 Å². The van der Waals surface area contributed by atoms with E-state index in [1.165, 1.54) is 0 Å². The number of hydrogen-bond donors (Lipinski definition) is 0. The highest BCUT2D eigenvalue weighted by molar-refractivity contribution is 9.10. The van der Waals surface area contributed by atoms with E-state index in [0.717, 1.165) is 46.9 Å². The van der Waals surface area contributed by atoms with Gasteiger partial charge in [-0.3, -0.25) is 4.79 Å². The molecule has 120 valence electrons. The van der Waals surface area contributed by atoms with Crippen LogP contribution in [-0.4, -0.2) is 37.0 Å². The Labute approximate surface area is 150 Å². The van der Waals surface area contributed by atoms with Crippen molar-refractivity contribution in [1.82, 2.24) is 4.90 Å². The van der Waals surface area contributed by atoms with E-state index >= 15 is 0 Å². The molecule has 2 aromatic rings. The molecule has 1 aliphatic rings. The lowest BCUT2D eigenvalue weighted by atomic mass is 10.1. The molecule has 1 amide bonds. The lowest BCUT2D eigenvalue weighted by Crippen LogP contribution is -2.49. The molecule has 1 aliphatic heterocycles. The summed E-state index contributed by atoms with van der Waals surface area (Å²) >= 11 is 9.43. The molecule has 5 heteroatoms. The molecular formula is C18H18BrClN2O. The van der Waals surface area contributed by atoms with Gasteiger partial charge < -0.3 is 9.80 Å². The van der Waals surface area contributed by atoms with Gasteiger partial charge in [0, 0.05) is 41.4 Å². The van der Waals surface area contributed by atoms with Crippen LogP contribution in [0.2, 0.25) is 5.02 Å². The number of rotatable bonds is 3. The summed E-state index contributed by atoms with van der Waals surface area (Å²) < 4.78 is 0.994. The highest BCUT2D eigenvalue weighted by Crippen LogP contribution is 2.21. The Morgan fingerprint density at radius 1 is 1.00 bits per heavy atom. The summed E-state index contributed by atoms with van der Waals surface area (Å²) in [7, 11) is 0. The summed E-state index contributed by atoms with van der Waals surface area (Å²) in [4.78, 5) is 16.7. The third-order valence-corrected chi connectivity index (χ3v) is 5.15. The van der Waals surface area contributed by atoms with Gasteiger partial charge in [0.1, 0.15) is 0 Å². The van der Waals surface area contributed by atoms with Crippen molar-refractivity contribution >= 4 is 39.1 Å². The Balaban J connectivity index is 1.57. The fourth-order valence-corrected chi connectivity index (χ4v) is 3.33. The van der Waals surface area contributed by atoms with Gasteiger partial charge >= 0.3 is 0 Å². The van der Waals surface area contributed by atoms with Crippen LogP contribution in [0.5, 0.6) is 0 Å². The van der Waals surface area contributed by atoms with Crippen molar-refractivity contribution in [2.75, 3.05) is 31.1 Å². The molecule has 1 saturated heterocycles. The molecule has 23 heavy (non-hydrogen) atoms. The van der Waals surface area contributed by atoms with Crippen LogP contribution in [-0.2, 0) is 11.2 Å². The molecule has 0 spiro atoms. The second kappa shape index (κ2) is 7.37. The van der Waals surface area contributed by atoms with Crippen molar-refractivity contribution in [3.8, 4) is 0 Å². The number of piperazine rings is 1. The van der Waals surface area contributed by atoms with E-state index in [0.29, 0.717) is 6.42 Å². The standard InChI is InChI=1S/C18H18BrClN2O/c19-17-4-2-1-3-14(17)13-18(23)22-11-9-21(10-12-22)16-7-5-15(20)6-8-16/h1-8H,9-13H2. The molecule has 1 fully saturated rings. The average molecular weight is 394 g/mol. The van der Waals surface area contributed by atoms with Crippen molar-refractivity contribution < 1.29 is 4.79 Å². The van der Waals surface area contributed by atoms with Crippen LogP contribution < -0.4 is 4.90 Å². The maximum Gasteiger partial charge on any atom is 0.227 e. The highest BCUT2D eigenvalue weighted by atomic mass is 79.9. The molecule has 0 atom stereocenters. The van der Waals surface area contributed by atoms with Crippen LogP contribution in [0.1, 0.15) is 5.56 Å². The first-order valence-corrected chi connectivity index (χ1v) is 8.82. The molecule has 0 unspecified atom stereocenters. The van der Waals surface area contributed by atoms with Gasteiger partial charge in [-0.05, 0) is 35.9 Å². The van der Waals surface area contributed by atoms with Gasteiger partial charge in [0.2, 0.25) is 5.91 Å². The molecule has 3 nitrogen and oxygen atoms in total. The minimum Gasteiger partial charge on any atom is -0.368 e. The zero-order valence-corrected chi connectivity index (χ0v) is 15.1. The number of halogens is 2. The molecule has 2 aromatic carbocycles. The van der Waals surface area contributed by atoms with Gasteiger partial charge in [-0.1, -0.05) is 45.7 Å². The largest absolute Gasteiger partial charge is 0.368 e. The van der Waals surface area contributed by atoms with Gasteiger partial charge in [0.15, 0.2) is 0 Å². The lowest BCUT2D eigenvalue weighted by Gasteiger charge is -2.36. The number of nitrogens with zero attached hydrogens (tertiary/aromatic N) is 2. The Kier molecular flexibility index (Phi) is 5.23. The Morgan fingerprint density at radius 3 is 2.30 bits per heavy atom. The smallest absolute Gasteiger partial charge is 0.227 e. The summed E-state index contributed by atoms with van der Waals surface area (Å²) in [5.74, 6) is 0.188. The van der Waals surface area contributed by atoms with E-state index in [2.05, 4.69) is 20.8 Å². The second-order valence-corrected chi connectivity index (χ2v) is 6.90. The second-order valence-electron chi connectivity index (χ2n) is 5.61. The van der Waals surface area contributed by atoms with Crippen LogP contribution in [0, 0.1) is 0 Å². The average Bonchev–Trinajstić information content (AvgIpc) is 2.58. The van der Waals surface area contributed by atoms with Gasteiger partial charge in [-0.2, -0.15) is 0 Å². The van der Waals surface area contributed by atoms with E-state index in [1.807, 2.05) is 53.4 Å². The Morgan fingerprint density at radius 2 is 1.65 bits per heavy atom. The lowest BCUT2D eigenvalue weighted by molar-refractivity contribution is -0.130. The first-order chi connectivity index (χ1) is 11.1. The molecule has 0 bridgehead atoms. The molecule has 1 heterocycles. The highest BCUT2D eigenvalue weighted by Gasteiger charge is 2.21. The predicted molar refractivity (Wildman–Crippen MR) is 98.1 cm³/mol. The van der Waals surface area contributed by atoms with E-state index in [9.17, 15) is 4.79 Å². The molecule has 0 radical (unpaired) electrons. The van der Waals surface area contributed by atoms with E-state index in [4.69, 9.17) is 11.6 Å². The number of hydrogen-bond acceptors (Lipinski definition) is 2. The fourth-order valence-electron chi connectivity index (χ4n) is 2.78. The van der Waals surface area contributed by atoms with Gasteiger partial charge in [-0.15, -0.1) is 0 Å². The zero-order chi connectivity index (χ0) is 16.2. The minimum atomic E-state index is 0.188. The first-order valence-electron chi connectivity index (χ1n) is 7.65. The van der Waals surface area contributed by atoms with Crippen molar-refractivity contribution in [2.45, 2.75) is 6.42 Å². The third-order valence-electron chi connectivity index (χ3n) is 4.12. The Hall–Kier alpha value is -1.52. The number of benzene rings is 2. The topological polar surface area (TPSA) is 23.6 Å². The van der Waals surface area contributed by atoms with Crippen LogP contribution in [0.25, 0.3) is 0 Å². The van der Waals surface area contributed by atoms with E-state index < -0.39 is 0 Å². The molecule has 3 rings (SSSR count). The summed E-state index contributed by atoms with van der Waals surface area (Å²) in [5, 5.41) is 0.746. The zero-order valence-electron chi connectivity index (χ0n) is 12.7. The van der Waals surface area contributed by atoms with E-state index in [1.54, 1.807) is 0 Å². The maximum absolute atomic E-state index is 12.5. The molecular weight excluding hydrogens is 376 g/mol. The molecule has 0 N–H and O–H groups in total. The van der Waals surface area contributed by atoms with Crippen LogP contribution >= 0.6 is 27.5 Å². The first kappa shape index (κ1) is 16.3. The van der Waals surface area contributed by atoms with Crippen molar-refractivity contribution in [3.05, 3.63) is 63.6 Å². The quantitative estimate of drug-likeness (QED) is 0.787. The van der Waals surface area contributed by atoms with Crippen LogP contribution in [0.4, 0.5) is 5.69 Å².